The van der Waals surface area contributed by atoms with Gasteiger partial charge in [-0.25, -0.2) is 0 Å². The second-order valence-electron chi connectivity index (χ2n) is 4.30. The molecule has 0 aromatic carbocycles. The fourth-order valence-corrected chi connectivity index (χ4v) is 2.28. The number of anilines is 1. The fourth-order valence-electron chi connectivity index (χ4n) is 2.13. The van der Waals surface area contributed by atoms with Gasteiger partial charge in [0.2, 0.25) is 11.2 Å². The first kappa shape index (κ1) is 12.4. The van der Waals surface area contributed by atoms with Crippen molar-refractivity contribution in [2.45, 2.75) is 32.1 Å². The topological polar surface area (TPSA) is 59.9 Å². The summed E-state index contributed by atoms with van der Waals surface area (Å²) >= 11 is 5.77. The van der Waals surface area contributed by atoms with E-state index in [1.165, 1.54) is 39.2 Å². The van der Waals surface area contributed by atoms with Crippen LogP contribution in [0.3, 0.4) is 0 Å². The fraction of sp³-hybridized carbons (Fsp3) is 0.727. The Morgan fingerprint density at radius 3 is 2.71 bits per heavy atom. The van der Waals surface area contributed by atoms with E-state index in [2.05, 4.69) is 20.3 Å². The van der Waals surface area contributed by atoms with Crippen LogP contribution in [0.15, 0.2) is 0 Å². The van der Waals surface area contributed by atoms with E-state index in [-0.39, 0.29) is 11.3 Å². The molecule has 1 aliphatic rings. The Kier molecular flexibility index (Phi) is 4.36. The van der Waals surface area contributed by atoms with Gasteiger partial charge in [0.15, 0.2) is 0 Å². The second kappa shape index (κ2) is 6.00. The Balaban J connectivity index is 1.91. The quantitative estimate of drug-likeness (QED) is 0.897. The van der Waals surface area contributed by atoms with Crippen LogP contribution in [0.2, 0.25) is 5.28 Å². The Morgan fingerprint density at radius 1 is 1.24 bits per heavy atom. The monoisotopic (exact) mass is 256 g/mol. The number of hydrogen-bond donors (Lipinski definition) is 1. The van der Waals surface area contributed by atoms with Crippen LogP contribution >= 0.6 is 11.6 Å². The van der Waals surface area contributed by atoms with E-state index in [1.807, 2.05) is 0 Å². The van der Waals surface area contributed by atoms with Crippen LogP contribution in [0.4, 0.5) is 5.95 Å². The Labute approximate surface area is 106 Å². The minimum absolute atomic E-state index is 0.156. The van der Waals surface area contributed by atoms with Crippen molar-refractivity contribution in [3.05, 3.63) is 5.28 Å². The van der Waals surface area contributed by atoms with Crippen molar-refractivity contribution in [2.24, 2.45) is 5.92 Å². The summed E-state index contributed by atoms with van der Waals surface area (Å²) in [7, 11) is 1.51. The number of methoxy groups -OCH3 is 1. The van der Waals surface area contributed by atoms with E-state index in [0.29, 0.717) is 11.9 Å². The number of halogens is 1. The predicted molar refractivity (Wildman–Crippen MR) is 66.5 cm³/mol. The van der Waals surface area contributed by atoms with Gasteiger partial charge in [0.1, 0.15) is 0 Å². The number of nitrogens with one attached hydrogen (secondary N) is 1. The highest BCUT2D eigenvalue weighted by molar-refractivity contribution is 6.28. The highest BCUT2D eigenvalue weighted by atomic mass is 35.5. The number of hydrogen-bond acceptors (Lipinski definition) is 5. The molecule has 0 unspecified atom stereocenters. The van der Waals surface area contributed by atoms with E-state index in [0.717, 1.165) is 6.54 Å². The molecule has 1 aromatic heterocycles. The maximum atomic E-state index is 5.77. The van der Waals surface area contributed by atoms with Crippen LogP contribution in [0.1, 0.15) is 32.1 Å². The number of ether oxygens (including phenoxy) is 1. The van der Waals surface area contributed by atoms with Gasteiger partial charge < -0.3 is 10.1 Å². The summed E-state index contributed by atoms with van der Waals surface area (Å²) in [5.41, 5.74) is 0. The average Bonchev–Trinajstić information content (AvgIpc) is 2.37. The van der Waals surface area contributed by atoms with Crippen LogP contribution < -0.4 is 10.1 Å². The van der Waals surface area contributed by atoms with E-state index in [4.69, 9.17) is 16.3 Å². The summed E-state index contributed by atoms with van der Waals surface area (Å²) in [5, 5.41) is 3.36. The molecule has 6 heteroatoms. The van der Waals surface area contributed by atoms with Crippen LogP contribution in [0.5, 0.6) is 6.01 Å². The molecule has 5 nitrogen and oxygen atoms in total. The summed E-state index contributed by atoms with van der Waals surface area (Å²) in [4.78, 5) is 11.9. The molecule has 1 saturated carbocycles. The molecule has 0 aliphatic heterocycles. The molecular weight excluding hydrogens is 240 g/mol. The van der Waals surface area contributed by atoms with Crippen LogP contribution in [0, 0.1) is 5.92 Å². The van der Waals surface area contributed by atoms with Crippen LogP contribution in [0.25, 0.3) is 0 Å². The molecule has 17 heavy (non-hydrogen) atoms. The first-order chi connectivity index (χ1) is 8.28. The lowest BCUT2D eigenvalue weighted by Gasteiger charge is -2.21. The van der Waals surface area contributed by atoms with Gasteiger partial charge in [-0.2, -0.15) is 15.0 Å². The largest absolute Gasteiger partial charge is 0.467 e. The molecule has 0 radical (unpaired) electrons. The maximum absolute atomic E-state index is 5.77. The molecule has 0 atom stereocenters. The predicted octanol–water partition coefficient (Wildman–Crippen LogP) is 2.53. The van der Waals surface area contributed by atoms with Gasteiger partial charge in [-0.1, -0.05) is 19.3 Å². The molecule has 2 rings (SSSR count). The summed E-state index contributed by atoms with van der Waals surface area (Å²) in [5.74, 6) is 1.21. The third kappa shape index (κ3) is 3.70. The Bertz CT molecular complexity index is 368. The van der Waals surface area contributed by atoms with E-state index >= 15 is 0 Å². The second-order valence-corrected chi connectivity index (χ2v) is 4.64. The van der Waals surface area contributed by atoms with Crippen molar-refractivity contribution < 1.29 is 4.74 Å². The zero-order chi connectivity index (χ0) is 12.1. The molecule has 1 aliphatic carbocycles. The lowest BCUT2D eigenvalue weighted by Crippen LogP contribution is -2.18. The lowest BCUT2D eigenvalue weighted by atomic mass is 9.89. The van der Waals surface area contributed by atoms with Crippen molar-refractivity contribution in [2.75, 3.05) is 19.0 Å². The van der Waals surface area contributed by atoms with Crippen LogP contribution in [-0.4, -0.2) is 28.6 Å². The molecule has 94 valence electrons. The molecule has 1 fully saturated rings. The minimum atomic E-state index is 0.156. The number of aromatic nitrogens is 3. The van der Waals surface area contributed by atoms with Crippen LogP contribution in [-0.2, 0) is 0 Å². The van der Waals surface area contributed by atoms with Gasteiger partial charge in [0.05, 0.1) is 7.11 Å². The summed E-state index contributed by atoms with van der Waals surface area (Å²) < 4.78 is 4.94. The van der Waals surface area contributed by atoms with E-state index in [1.54, 1.807) is 0 Å². The van der Waals surface area contributed by atoms with Crippen molar-refractivity contribution >= 4 is 17.5 Å². The summed E-state index contributed by atoms with van der Waals surface area (Å²) in [6.07, 6.45) is 6.58. The van der Waals surface area contributed by atoms with Crippen molar-refractivity contribution in [1.82, 2.24) is 15.0 Å². The Hall–Kier alpha value is -1.10. The van der Waals surface area contributed by atoms with Gasteiger partial charge in [0, 0.05) is 6.54 Å². The van der Waals surface area contributed by atoms with Crippen molar-refractivity contribution in [3.63, 3.8) is 0 Å². The summed E-state index contributed by atoms with van der Waals surface area (Å²) in [6.45, 7) is 0.892. The van der Waals surface area contributed by atoms with E-state index < -0.39 is 0 Å². The number of nitrogens with zero attached hydrogens (tertiary/aromatic N) is 3. The minimum Gasteiger partial charge on any atom is -0.467 e. The van der Waals surface area contributed by atoms with E-state index in [9.17, 15) is 0 Å². The molecule has 1 heterocycles. The molecule has 1 aromatic rings. The molecule has 0 amide bonds. The standard InChI is InChI=1S/C11H17ClN4O/c1-17-11-15-9(12)14-10(16-11)13-7-8-5-3-2-4-6-8/h8H,2-7H2,1H3,(H,13,14,15,16). The molecular formula is C11H17ClN4O. The highest BCUT2D eigenvalue weighted by Crippen LogP contribution is 2.23. The normalized spacial score (nSPS) is 16.8. The van der Waals surface area contributed by atoms with Gasteiger partial charge in [-0.3, -0.25) is 0 Å². The van der Waals surface area contributed by atoms with Gasteiger partial charge in [0.25, 0.3) is 0 Å². The van der Waals surface area contributed by atoms with Crippen molar-refractivity contribution in [3.8, 4) is 6.01 Å². The van der Waals surface area contributed by atoms with Gasteiger partial charge >= 0.3 is 6.01 Å². The molecule has 0 saturated heterocycles. The maximum Gasteiger partial charge on any atom is 0.322 e. The molecule has 0 bridgehead atoms. The number of rotatable bonds is 4. The third-order valence-electron chi connectivity index (χ3n) is 3.04. The van der Waals surface area contributed by atoms with Gasteiger partial charge in [-0.15, -0.1) is 0 Å². The summed E-state index contributed by atoms with van der Waals surface area (Å²) in [6, 6.07) is 0.246. The zero-order valence-corrected chi connectivity index (χ0v) is 10.7. The molecule has 0 spiro atoms. The SMILES string of the molecule is COc1nc(Cl)nc(NCC2CCCCC2)n1. The lowest BCUT2D eigenvalue weighted by molar-refractivity contribution is 0.370. The first-order valence-corrected chi connectivity index (χ1v) is 6.35. The first-order valence-electron chi connectivity index (χ1n) is 5.97. The van der Waals surface area contributed by atoms with Gasteiger partial charge in [-0.05, 0) is 30.4 Å². The third-order valence-corrected chi connectivity index (χ3v) is 3.21. The average molecular weight is 257 g/mol. The van der Waals surface area contributed by atoms with Crippen molar-refractivity contribution in [1.29, 1.82) is 0 Å². The Morgan fingerprint density at radius 2 is 2.00 bits per heavy atom. The zero-order valence-electron chi connectivity index (χ0n) is 9.95. The smallest absolute Gasteiger partial charge is 0.322 e. The highest BCUT2D eigenvalue weighted by Gasteiger charge is 2.14. The molecule has 1 N–H and O–H groups in total.